The smallest absolute Gasteiger partial charge is 0.462 e. The Morgan fingerprint density at radius 1 is 1.29 bits per heavy atom. The van der Waals surface area contributed by atoms with Crippen molar-refractivity contribution in [2.75, 3.05) is 18.1 Å². The Morgan fingerprint density at radius 2 is 2.03 bits per heavy atom. The maximum absolute atomic E-state index is 14.1. The summed E-state index contributed by atoms with van der Waals surface area (Å²) in [7, 11) is -6.04. The Hall–Kier alpha value is -3.49. The number of aromatic nitrogens is 4. The third-order valence-electron chi connectivity index (χ3n) is 5.33. The highest BCUT2D eigenvalue weighted by atomic mass is 32.2. The molecule has 15 heteroatoms. The first-order valence-electron chi connectivity index (χ1n) is 10.4. The van der Waals surface area contributed by atoms with Crippen molar-refractivity contribution in [1.29, 1.82) is 0 Å². The number of pyridine rings is 1. The van der Waals surface area contributed by atoms with Gasteiger partial charge < -0.3 is 13.8 Å². The normalized spacial score (nSPS) is 18.7. The van der Waals surface area contributed by atoms with Crippen molar-refractivity contribution in [1.82, 2.24) is 19.6 Å². The maximum atomic E-state index is 14.1. The Kier molecular flexibility index (Phi) is 6.29. The molecule has 0 aromatic carbocycles. The number of rotatable bonds is 6. The minimum Gasteiger partial charge on any atom is -0.462 e. The van der Waals surface area contributed by atoms with E-state index >= 15 is 0 Å². The molecule has 0 aliphatic carbocycles. The van der Waals surface area contributed by atoms with E-state index in [9.17, 15) is 30.8 Å². The number of nitrogens with zero attached hydrogens (tertiary/aromatic N) is 5. The van der Waals surface area contributed by atoms with Crippen LogP contribution < -0.4 is 9.08 Å². The fourth-order valence-corrected chi connectivity index (χ4v) is 4.31. The number of esters is 1. The fourth-order valence-electron chi connectivity index (χ4n) is 3.87. The highest BCUT2D eigenvalue weighted by Crippen LogP contribution is 2.42. The standard InChI is InChI=1S/C20H19F4N5O5S/c1-3-33-19(30)14-9-26-29-5-4-16(27-17(14)29)28-10-11(2)6-15(28)13-7-12(21)8-25-18(13)34-35(31,32)20(22,23)24/h4-5,7-9,11,15H,3,6,10H2,1-2H3. The molecular formula is C20H19F4N5O5S. The third kappa shape index (κ3) is 4.72. The predicted molar refractivity (Wildman–Crippen MR) is 113 cm³/mol. The molecule has 10 nitrogen and oxygen atoms in total. The summed E-state index contributed by atoms with van der Waals surface area (Å²) in [5, 5.41) is 4.05. The van der Waals surface area contributed by atoms with E-state index < -0.39 is 39.3 Å². The summed E-state index contributed by atoms with van der Waals surface area (Å²) in [6.07, 6.45) is 3.69. The highest BCUT2D eigenvalue weighted by Gasteiger charge is 2.49. The van der Waals surface area contributed by atoms with E-state index in [0.29, 0.717) is 25.0 Å². The topological polar surface area (TPSA) is 116 Å². The molecule has 4 heterocycles. The SMILES string of the molecule is CCOC(=O)c1cnn2ccc(N3CC(C)CC3c3cc(F)cnc3OS(=O)(=O)C(F)(F)F)nc12. The monoisotopic (exact) mass is 517 g/mol. The summed E-state index contributed by atoms with van der Waals surface area (Å²) in [5.74, 6) is -2.15. The number of anilines is 1. The Bertz CT molecular complexity index is 1380. The fraction of sp³-hybridized carbons (Fsp3) is 0.400. The summed E-state index contributed by atoms with van der Waals surface area (Å²) < 4.78 is 86.6. The molecule has 4 rings (SSSR count). The lowest BCUT2D eigenvalue weighted by atomic mass is 10.0. The Balaban J connectivity index is 1.77. The molecule has 0 bridgehead atoms. The van der Waals surface area contributed by atoms with Crippen LogP contribution in [0.5, 0.6) is 5.88 Å². The zero-order valence-electron chi connectivity index (χ0n) is 18.4. The van der Waals surface area contributed by atoms with Gasteiger partial charge in [0.05, 0.1) is 25.0 Å². The van der Waals surface area contributed by atoms with Crippen LogP contribution in [0.2, 0.25) is 0 Å². The van der Waals surface area contributed by atoms with E-state index in [1.165, 1.54) is 16.9 Å². The third-order valence-corrected chi connectivity index (χ3v) is 6.28. The molecule has 188 valence electrons. The predicted octanol–water partition coefficient (Wildman–Crippen LogP) is 3.26. The van der Waals surface area contributed by atoms with Crippen molar-refractivity contribution in [2.24, 2.45) is 5.92 Å². The number of hydrogen-bond donors (Lipinski definition) is 0. The van der Waals surface area contributed by atoms with Crippen LogP contribution >= 0.6 is 0 Å². The lowest BCUT2D eigenvalue weighted by Crippen LogP contribution is -2.30. The summed E-state index contributed by atoms with van der Waals surface area (Å²) in [4.78, 5) is 21.8. The second-order valence-electron chi connectivity index (χ2n) is 7.87. The maximum Gasteiger partial charge on any atom is 0.534 e. The van der Waals surface area contributed by atoms with Crippen LogP contribution in [0, 0.1) is 11.7 Å². The molecule has 0 saturated carbocycles. The molecule has 2 atom stereocenters. The molecule has 0 radical (unpaired) electrons. The quantitative estimate of drug-likeness (QED) is 0.210. The molecule has 35 heavy (non-hydrogen) atoms. The van der Waals surface area contributed by atoms with Crippen LogP contribution in [-0.2, 0) is 14.9 Å². The van der Waals surface area contributed by atoms with E-state index in [-0.39, 0.29) is 29.3 Å². The van der Waals surface area contributed by atoms with Crippen molar-refractivity contribution in [3.63, 3.8) is 0 Å². The van der Waals surface area contributed by atoms with Crippen molar-refractivity contribution in [3.8, 4) is 5.88 Å². The molecule has 0 amide bonds. The number of ether oxygens (including phenoxy) is 1. The van der Waals surface area contributed by atoms with Gasteiger partial charge >= 0.3 is 21.6 Å². The first kappa shape index (κ1) is 24.6. The average molecular weight is 517 g/mol. The van der Waals surface area contributed by atoms with Gasteiger partial charge in [-0.3, -0.25) is 0 Å². The van der Waals surface area contributed by atoms with Crippen LogP contribution in [0.3, 0.4) is 0 Å². The number of halogens is 4. The molecule has 1 saturated heterocycles. The highest BCUT2D eigenvalue weighted by molar-refractivity contribution is 7.87. The number of carbonyl (C=O) groups excluding carboxylic acids is 1. The van der Waals surface area contributed by atoms with Crippen molar-refractivity contribution >= 4 is 27.6 Å². The molecule has 1 aliphatic heterocycles. The second kappa shape index (κ2) is 8.94. The summed E-state index contributed by atoms with van der Waals surface area (Å²) in [6.45, 7) is 3.98. The van der Waals surface area contributed by atoms with E-state index in [1.807, 2.05) is 6.92 Å². The minimum absolute atomic E-state index is 0.0391. The average Bonchev–Trinajstić information content (AvgIpc) is 3.37. The van der Waals surface area contributed by atoms with Gasteiger partial charge in [0.1, 0.15) is 17.2 Å². The molecule has 0 spiro atoms. The van der Waals surface area contributed by atoms with Gasteiger partial charge in [-0.25, -0.2) is 23.7 Å². The second-order valence-corrected chi connectivity index (χ2v) is 9.41. The molecule has 2 unspecified atom stereocenters. The molecule has 3 aromatic rings. The van der Waals surface area contributed by atoms with Gasteiger partial charge in [0.25, 0.3) is 0 Å². The van der Waals surface area contributed by atoms with Gasteiger partial charge in [-0.05, 0) is 31.4 Å². The van der Waals surface area contributed by atoms with Crippen molar-refractivity contribution in [3.05, 3.63) is 47.7 Å². The van der Waals surface area contributed by atoms with E-state index in [0.717, 1.165) is 6.07 Å². The molecule has 0 N–H and O–H groups in total. The number of hydrogen-bond acceptors (Lipinski definition) is 9. The van der Waals surface area contributed by atoms with Crippen LogP contribution in [0.1, 0.15) is 42.2 Å². The summed E-state index contributed by atoms with van der Waals surface area (Å²) >= 11 is 0. The molecule has 3 aromatic heterocycles. The molecular weight excluding hydrogens is 498 g/mol. The Morgan fingerprint density at radius 3 is 2.71 bits per heavy atom. The number of alkyl halides is 3. The van der Waals surface area contributed by atoms with E-state index in [1.54, 1.807) is 17.9 Å². The van der Waals surface area contributed by atoms with Gasteiger partial charge in [0, 0.05) is 18.3 Å². The van der Waals surface area contributed by atoms with E-state index in [2.05, 4.69) is 19.2 Å². The molecule has 1 aliphatic rings. The largest absolute Gasteiger partial charge is 0.534 e. The first-order chi connectivity index (χ1) is 16.4. The zero-order valence-corrected chi connectivity index (χ0v) is 19.2. The van der Waals surface area contributed by atoms with Crippen LogP contribution in [-0.4, -0.2) is 52.6 Å². The van der Waals surface area contributed by atoms with E-state index in [4.69, 9.17) is 4.74 Å². The van der Waals surface area contributed by atoms with Gasteiger partial charge in [0.15, 0.2) is 5.65 Å². The summed E-state index contributed by atoms with van der Waals surface area (Å²) in [6, 6.07) is 1.61. The summed E-state index contributed by atoms with van der Waals surface area (Å²) in [5.41, 5.74) is -5.61. The number of fused-ring (bicyclic) bond motifs is 1. The van der Waals surface area contributed by atoms with Crippen molar-refractivity contribution in [2.45, 2.75) is 31.8 Å². The molecule has 1 fully saturated rings. The van der Waals surface area contributed by atoms with Gasteiger partial charge in [-0.15, -0.1) is 0 Å². The van der Waals surface area contributed by atoms with Gasteiger partial charge in [-0.1, -0.05) is 6.92 Å². The number of carbonyl (C=O) groups is 1. The van der Waals surface area contributed by atoms with Crippen LogP contribution in [0.15, 0.2) is 30.7 Å². The van der Waals surface area contributed by atoms with Gasteiger partial charge in [-0.2, -0.15) is 26.7 Å². The lowest BCUT2D eigenvalue weighted by molar-refractivity contribution is -0.0501. The van der Waals surface area contributed by atoms with Crippen LogP contribution in [0.25, 0.3) is 5.65 Å². The Labute approximate surface area is 196 Å². The first-order valence-corrected chi connectivity index (χ1v) is 11.8. The van der Waals surface area contributed by atoms with Crippen molar-refractivity contribution < 1.29 is 39.7 Å². The lowest BCUT2D eigenvalue weighted by Gasteiger charge is -2.27. The minimum atomic E-state index is -6.04. The van der Waals surface area contributed by atoms with Gasteiger partial charge in [0.2, 0.25) is 5.88 Å². The van der Waals surface area contributed by atoms with Crippen LogP contribution in [0.4, 0.5) is 23.4 Å². The zero-order chi connectivity index (χ0) is 25.5.